The Kier molecular flexibility index (Phi) is 5.39. The molecule has 1 aromatic heterocycles. The minimum atomic E-state index is -1.63. The zero-order valence-corrected chi connectivity index (χ0v) is 18.3. The van der Waals surface area contributed by atoms with Crippen molar-refractivity contribution in [2.45, 2.75) is 25.9 Å². The Hall–Kier alpha value is -3.82. The fourth-order valence-electron chi connectivity index (χ4n) is 3.85. The molecule has 0 aliphatic carbocycles. The number of amides is 3. The molecule has 2 heterocycles. The second kappa shape index (κ2) is 7.95. The van der Waals surface area contributed by atoms with Crippen molar-refractivity contribution >= 4 is 28.5 Å². The summed E-state index contributed by atoms with van der Waals surface area (Å²) in [5.74, 6) is -5.59. The highest BCUT2D eigenvalue weighted by atomic mass is 19.2. The molecule has 0 N–H and O–H groups in total. The highest BCUT2D eigenvalue weighted by Crippen LogP contribution is 2.38. The minimum Gasteiger partial charge on any atom is -0.497 e. The van der Waals surface area contributed by atoms with Crippen molar-refractivity contribution in [2.24, 2.45) is 0 Å². The van der Waals surface area contributed by atoms with Crippen LogP contribution in [0.15, 0.2) is 36.5 Å². The van der Waals surface area contributed by atoms with Gasteiger partial charge in [-0.25, -0.2) is 18.5 Å². The third-order valence-electron chi connectivity index (χ3n) is 5.73. The Morgan fingerprint density at radius 2 is 1.73 bits per heavy atom. The van der Waals surface area contributed by atoms with Gasteiger partial charge in [-0.15, -0.1) is 0 Å². The third-order valence-corrected chi connectivity index (χ3v) is 5.73. The Balaban J connectivity index is 1.76. The fraction of sp³-hybridized carbons (Fsp3) is 0.261. The molecule has 33 heavy (non-hydrogen) atoms. The maximum Gasteiger partial charge on any atom is 0.332 e. The van der Waals surface area contributed by atoms with Gasteiger partial charge in [0.2, 0.25) is 5.82 Å². The highest BCUT2D eigenvalue weighted by Gasteiger charge is 2.53. The molecule has 3 aromatic rings. The summed E-state index contributed by atoms with van der Waals surface area (Å²) in [5.41, 5.74) is -0.949. The van der Waals surface area contributed by atoms with E-state index in [1.807, 2.05) is 0 Å². The molecule has 3 amide bonds. The van der Waals surface area contributed by atoms with Crippen LogP contribution in [0, 0.1) is 17.5 Å². The van der Waals surface area contributed by atoms with Gasteiger partial charge in [-0.3, -0.25) is 9.78 Å². The standard InChI is InChI=1S/C23H20F3N3O4/c1-23(2)21(30)29(17-10-15(24)20(33-4)19(26)18(17)25)22(31)28(23)11-12-7-8-27-16-9-13(32-3)5-6-14(12)16/h5-10H,11H2,1-4H3. The van der Waals surface area contributed by atoms with Crippen LogP contribution in [0.2, 0.25) is 0 Å². The molecule has 1 fully saturated rings. The number of carbonyl (C=O) groups is 2. The van der Waals surface area contributed by atoms with Gasteiger partial charge in [0.25, 0.3) is 5.91 Å². The number of carbonyl (C=O) groups excluding carboxylic acids is 2. The molecule has 1 saturated heterocycles. The van der Waals surface area contributed by atoms with Gasteiger partial charge in [-0.05, 0) is 37.6 Å². The molecule has 0 atom stereocenters. The van der Waals surface area contributed by atoms with Crippen molar-refractivity contribution in [3.63, 3.8) is 0 Å². The van der Waals surface area contributed by atoms with Crippen molar-refractivity contribution in [1.82, 2.24) is 9.88 Å². The summed E-state index contributed by atoms with van der Waals surface area (Å²) in [6, 6.07) is 6.59. The molecule has 0 spiro atoms. The van der Waals surface area contributed by atoms with E-state index in [1.165, 1.54) is 25.9 Å². The molecule has 0 radical (unpaired) electrons. The van der Waals surface area contributed by atoms with E-state index in [0.29, 0.717) is 27.8 Å². The average Bonchev–Trinajstić information content (AvgIpc) is 2.95. The number of aromatic nitrogens is 1. The van der Waals surface area contributed by atoms with Crippen LogP contribution < -0.4 is 14.4 Å². The van der Waals surface area contributed by atoms with Crippen molar-refractivity contribution in [3.8, 4) is 11.5 Å². The van der Waals surface area contributed by atoms with Gasteiger partial charge in [0, 0.05) is 30.3 Å². The van der Waals surface area contributed by atoms with E-state index >= 15 is 0 Å². The second-order valence-electron chi connectivity index (χ2n) is 7.96. The van der Waals surface area contributed by atoms with Gasteiger partial charge >= 0.3 is 6.03 Å². The van der Waals surface area contributed by atoms with Crippen LogP contribution in [-0.4, -0.2) is 41.6 Å². The Bertz CT molecular complexity index is 1300. The summed E-state index contributed by atoms with van der Waals surface area (Å²) >= 11 is 0. The molecular formula is C23H20F3N3O4. The number of hydrogen-bond acceptors (Lipinski definition) is 5. The molecule has 0 bridgehead atoms. The van der Waals surface area contributed by atoms with E-state index in [-0.39, 0.29) is 6.54 Å². The number of imide groups is 1. The number of methoxy groups -OCH3 is 2. The van der Waals surface area contributed by atoms with Crippen LogP contribution in [0.1, 0.15) is 19.4 Å². The fourth-order valence-corrected chi connectivity index (χ4v) is 3.85. The van der Waals surface area contributed by atoms with E-state index < -0.39 is 46.4 Å². The SMILES string of the molecule is COc1ccc2c(CN3C(=O)N(c4cc(F)c(OC)c(F)c4F)C(=O)C3(C)C)ccnc2c1. The quantitative estimate of drug-likeness (QED) is 0.417. The summed E-state index contributed by atoms with van der Waals surface area (Å²) in [4.78, 5) is 32.3. The van der Waals surface area contributed by atoms with E-state index in [9.17, 15) is 22.8 Å². The number of anilines is 1. The molecule has 1 aliphatic rings. The predicted molar refractivity (Wildman–Crippen MR) is 114 cm³/mol. The predicted octanol–water partition coefficient (Wildman–Crippen LogP) is 4.42. The van der Waals surface area contributed by atoms with Gasteiger partial charge in [0.05, 0.1) is 25.4 Å². The molecular weight excluding hydrogens is 439 g/mol. The Morgan fingerprint density at radius 1 is 1.00 bits per heavy atom. The van der Waals surface area contributed by atoms with Crippen LogP contribution in [0.4, 0.5) is 23.7 Å². The zero-order valence-electron chi connectivity index (χ0n) is 18.3. The maximum atomic E-state index is 14.7. The van der Waals surface area contributed by atoms with Crippen molar-refractivity contribution in [1.29, 1.82) is 0 Å². The van der Waals surface area contributed by atoms with E-state index in [4.69, 9.17) is 4.74 Å². The lowest BCUT2D eigenvalue weighted by atomic mass is 10.0. The topological polar surface area (TPSA) is 72.0 Å². The van der Waals surface area contributed by atoms with Crippen LogP contribution in [0.3, 0.4) is 0 Å². The number of rotatable bonds is 5. The Morgan fingerprint density at radius 3 is 2.39 bits per heavy atom. The first-order valence-corrected chi connectivity index (χ1v) is 9.91. The van der Waals surface area contributed by atoms with Crippen LogP contribution in [0.25, 0.3) is 10.9 Å². The summed E-state index contributed by atoms with van der Waals surface area (Å²) in [6.45, 7) is 2.93. The third kappa shape index (κ3) is 3.42. The number of ether oxygens (including phenoxy) is 2. The molecule has 7 nitrogen and oxygen atoms in total. The minimum absolute atomic E-state index is 0.0256. The number of nitrogens with zero attached hydrogens (tertiary/aromatic N) is 3. The molecule has 10 heteroatoms. The van der Waals surface area contributed by atoms with Crippen molar-refractivity contribution < 1.29 is 32.2 Å². The van der Waals surface area contributed by atoms with Gasteiger partial charge in [0.15, 0.2) is 17.4 Å². The molecule has 1 aliphatic heterocycles. The van der Waals surface area contributed by atoms with Gasteiger partial charge in [-0.1, -0.05) is 0 Å². The molecule has 0 unspecified atom stereocenters. The molecule has 0 saturated carbocycles. The molecule has 2 aromatic carbocycles. The summed E-state index contributed by atoms with van der Waals surface area (Å²) in [5, 5.41) is 0.723. The summed E-state index contributed by atoms with van der Waals surface area (Å²) in [7, 11) is 2.51. The smallest absolute Gasteiger partial charge is 0.332 e. The second-order valence-corrected chi connectivity index (χ2v) is 7.96. The van der Waals surface area contributed by atoms with Gasteiger partial charge in [-0.2, -0.15) is 4.39 Å². The first-order chi connectivity index (χ1) is 15.6. The lowest BCUT2D eigenvalue weighted by molar-refractivity contribution is -0.123. The van der Waals surface area contributed by atoms with Crippen LogP contribution in [-0.2, 0) is 11.3 Å². The normalized spacial score (nSPS) is 15.5. The average molecular weight is 459 g/mol. The number of pyridine rings is 1. The zero-order chi connectivity index (χ0) is 24.1. The molecule has 4 rings (SSSR count). The lowest BCUT2D eigenvalue weighted by Crippen LogP contribution is -2.43. The molecule has 172 valence electrons. The van der Waals surface area contributed by atoms with Crippen LogP contribution >= 0.6 is 0 Å². The number of halogens is 3. The Labute approximate surface area is 187 Å². The first kappa shape index (κ1) is 22.4. The van der Waals surface area contributed by atoms with Crippen molar-refractivity contribution in [3.05, 3.63) is 59.5 Å². The largest absolute Gasteiger partial charge is 0.497 e. The number of fused-ring (bicyclic) bond motifs is 1. The summed E-state index contributed by atoms with van der Waals surface area (Å²) < 4.78 is 53.0. The number of hydrogen-bond donors (Lipinski definition) is 0. The lowest BCUT2D eigenvalue weighted by Gasteiger charge is -2.28. The van der Waals surface area contributed by atoms with Gasteiger partial charge < -0.3 is 14.4 Å². The van der Waals surface area contributed by atoms with Crippen LogP contribution in [0.5, 0.6) is 11.5 Å². The highest BCUT2D eigenvalue weighted by molar-refractivity contribution is 6.23. The number of benzene rings is 2. The van der Waals surface area contributed by atoms with Gasteiger partial charge in [0.1, 0.15) is 11.3 Å². The maximum absolute atomic E-state index is 14.7. The number of urea groups is 1. The van der Waals surface area contributed by atoms with E-state index in [0.717, 1.165) is 12.5 Å². The monoisotopic (exact) mass is 459 g/mol. The first-order valence-electron chi connectivity index (χ1n) is 9.91. The van der Waals surface area contributed by atoms with E-state index in [2.05, 4.69) is 9.72 Å². The summed E-state index contributed by atoms with van der Waals surface area (Å²) in [6.07, 6.45) is 1.55. The van der Waals surface area contributed by atoms with E-state index in [1.54, 1.807) is 30.5 Å². The van der Waals surface area contributed by atoms with Crippen molar-refractivity contribution in [2.75, 3.05) is 19.1 Å².